The summed E-state index contributed by atoms with van der Waals surface area (Å²) in [4.78, 5) is 7.15. The van der Waals surface area contributed by atoms with E-state index in [4.69, 9.17) is 9.40 Å². The van der Waals surface area contributed by atoms with Gasteiger partial charge in [-0.05, 0) is 93.3 Å². The van der Waals surface area contributed by atoms with Crippen LogP contribution in [-0.2, 0) is 0 Å². The number of para-hydroxylation sites is 2. The summed E-state index contributed by atoms with van der Waals surface area (Å²) in [7, 11) is 0. The van der Waals surface area contributed by atoms with Gasteiger partial charge in [0.25, 0.3) is 0 Å². The molecule has 0 spiro atoms. The van der Waals surface area contributed by atoms with Crippen LogP contribution in [0.3, 0.4) is 0 Å². The molecular weight excluding hydrogens is 560 g/mol. The maximum Gasteiger partial charge on any atom is 0.227 e. The molecule has 0 aliphatic carbocycles. The SMILES string of the molecule is c1ccc(-c2nc3ccc4ccc5ccc6cc(-c7ccc(N(c8ccccc8)c8ccccc8)cc7)ccc6c5c4c3o2)cc1. The zero-order valence-corrected chi connectivity index (χ0v) is 25.0. The molecule has 0 amide bonds. The number of hydrogen-bond donors (Lipinski definition) is 0. The van der Waals surface area contributed by atoms with Crippen LogP contribution in [0, 0.1) is 0 Å². The predicted molar refractivity (Wildman–Crippen MR) is 192 cm³/mol. The molecule has 9 rings (SSSR count). The lowest BCUT2D eigenvalue weighted by molar-refractivity contribution is 0.623. The summed E-state index contributed by atoms with van der Waals surface area (Å²) in [6, 6.07) is 59.8. The minimum atomic E-state index is 0.643. The number of benzene rings is 8. The van der Waals surface area contributed by atoms with Crippen LogP contribution in [-0.4, -0.2) is 4.98 Å². The van der Waals surface area contributed by atoms with Crippen molar-refractivity contribution >= 4 is 60.5 Å². The fourth-order valence-corrected chi connectivity index (χ4v) is 6.64. The molecule has 9 aromatic rings. The molecule has 216 valence electrons. The molecule has 0 saturated heterocycles. The molecule has 1 heterocycles. The van der Waals surface area contributed by atoms with Gasteiger partial charge >= 0.3 is 0 Å². The Bertz CT molecular complexity index is 2460. The van der Waals surface area contributed by atoms with E-state index in [1.807, 2.05) is 30.3 Å². The zero-order chi connectivity index (χ0) is 30.5. The second kappa shape index (κ2) is 10.8. The first-order chi connectivity index (χ1) is 22.8. The third-order valence-electron chi connectivity index (χ3n) is 8.84. The first kappa shape index (κ1) is 26.2. The van der Waals surface area contributed by atoms with Crippen molar-refractivity contribution in [2.45, 2.75) is 0 Å². The molecule has 46 heavy (non-hydrogen) atoms. The number of nitrogens with zero attached hydrogens (tertiary/aromatic N) is 2. The smallest absolute Gasteiger partial charge is 0.227 e. The van der Waals surface area contributed by atoms with E-state index >= 15 is 0 Å². The Morgan fingerprint density at radius 2 is 0.957 bits per heavy atom. The van der Waals surface area contributed by atoms with Gasteiger partial charge in [0.05, 0.1) is 0 Å². The number of oxazole rings is 1. The lowest BCUT2D eigenvalue weighted by Gasteiger charge is -2.25. The van der Waals surface area contributed by atoms with Crippen LogP contribution in [0.25, 0.3) is 66.0 Å². The maximum atomic E-state index is 6.50. The summed E-state index contributed by atoms with van der Waals surface area (Å²) in [5.41, 5.74) is 8.40. The van der Waals surface area contributed by atoms with E-state index in [0.717, 1.165) is 44.5 Å². The minimum absolute atomic E-state index is 0.643. The number of rotatable bonds is 5. The van der Waals surface area contributed by atoms with E-state index in [0.29, 0.717) is 5.89 Å². The summed E-state index contributed by atoms with van der Waals surface area (Å²) in [5.74, 6) is 0.643. The standard InChI is InChI=1S/C43H28N2O/c1-4-10-32(11-5-1)43-44-39-27-23-31-17-16-30-18-19-34-28-33(22-26-38(34)40(30)41(31)42(39)46-43)29-20-24-37(25-21-29)45(35-12-6-2-7-13-35)36-14-8-3-9-15-36/h1-28H. The highest BCUT2D eigenvalue weighted by Crippen LogP contribution is 2.40. The normalized spacial score (nSPS) is 11.5. The molecule has 0 unspecified atom stereocenters. The van der Waals surface area contributed by atoms with Gasteiger partial charge < -0.3 is 9.32 Å². The van der Waals surface area contributed by atoms with Gasteiger partial charge in [0.2, 0.25) is 5.89 Å². The summed E-state index contributed by atoms with van der Waals surface area (Å²) >= 11 is 0. The Kier molecular flexibility index (Phi) is 6.14. The summed E-state index contributed by atoms with van der Waals surface area (Å²) in [6.45, 7) is 0. The topological polar surface area (TPSA) is 29.3 Å². The van der Waals surface area contributed by atoms with Crippen molar-refractivity contribution in [1.82, 2.24) is 4.98 Å². The minimum Gasteiger partial charge on any atom is -0.435 e. The Labute approximate surface area is 266 Å². The van der Waals surface area contributed by atoms with Gasteiger partial charge in [-0.3, -0.25) is 0 Å². The van der Waals surface area contributed by atoms with Gasteiger partial charge in [0, 0.05) is 33.4 Å². The molecule has 3 heteroatoms. The molecule has 0 radical (unpaired) electrons. The lowest BCUT2D eigenvalue weighted by atomic mass is 9.94. The third kappa shape index (κ3) is 4.41. The molecule has 0 N–H and O–H groups in total. The van der Waals surface area contributed by atoms with Crippen LogP contribution in [0.2, 0.25) is 0 Å². The molecule has 1 aromatic heterocycles. The average Bonchev–Trinajstić information content (AvgIpc) is 3.58. The van der Waals surface area contributed by atoms with Crippen molar-refractivity contribution in [2.24, 2.45) is 0 Å². The number of hydrogen-bond acceptors (Lipinski definition) is 3. The summed E-state index contributed by atoms with van der Waals surface area (Å²) in [5, 5.41) is 7.02. The van der Waals surface area contributed by atoms with Crippen molar-refractivity contribution < 1.29 is 4.42 Å². The maximum absolute atomic E-state index is 6.50. The average molecular weight is 589 g/mol. The second-order valence-corrected chi connectivity index (χ2v) is 11.6. The van der Waals surface area contributed by atoms with E-state index in [1.165, 1.54) is 32.7 Å². The zero-order valence-electron chi connectivity index (χ0n) is 25.0. The van der Waals surface area contributed by atoms with Crippen molar-refractivity contribution in [3.63, 3.8) is 0 Å². The van der Waals surface area contributed by atoms with Crippen LogP contribution in [0.5, 0.6) is 0 Å². The fraction of sp³-hybridized carbons (Fsp3) is 0. The Morgan fingerprint density at radius 3 is 1.63 bits per heavy atom. The van der Waals surface area contributed by atoms with Crippen LogP contribution in [0.4, 0.5) is 17.1 Å². The molecule has 8 aromatic carbocycles. The van der Waals surface area contributed by atoms with Gasteiger partial charge in [0.1, 0.15) is 5.52 Å². The van der Waals surface area contributed by atoms with Crippen molar-refractivity contribution in [1.29, 1.82) is 0 Å². The molecule has 0 aliphatic heterocycles. The number of fused-ring (bicyclic) bond motifs is 7. The third-order valence-corrected chi connectivity index (χ3v) is 8.84. The van der Waals surface area contributed by atoms with E-state index in [1.54, 1.807) is 0 Å². The first-order valence-electron chi connectivity index (χ1n) is 15.5. The Morgan fingerprint density at radius 1 is 0.413 bits per heavy atom. The fourth-order valence-electron chi connectivity index (χ4n) is 6.64. The Balaban J connectivity index is 1.15. The summed E-state index contributed by atoms with van der Waals surface area (Å²) < 4.78 is 6.50. The molecule has 0 fully saturated rings. The van der Waals surface area contributed by atoms with Crippen LogP contribution in [0.15, 0.2) is 174 Å². The van der Waals surface area contributed by atoms with E-state index in [2.05, 4.69) is 144 Å². The molecule has 3 nitrogen and oxygen atoms in total. The van der Waals surface area contributed by atoms with Crippen molar-refractivity contribution in [2.75, 3.05) is 4.90 Å². The number of anilines is 3. The van der Waals surface area contributed by atoms with Gasteiger partial charge in [-0.2, -0.15) is 0 Å². The quantitative estimate of drug-likeness (QED) is 0.187. The van der Waals surface area contributed by atoms with E-state index in [-0.39, 0.29) is 0 Å². The highest BCUT2D eigenvalue weighted by atomic mass is 16.3. The lowest BCUT2D eigenvalue weighted by Crippen LogP contribution is -2.09. The van der Waals surface area contributed by atoms with Crippen LogP contribution < -0.4 is 4.90 Å². The molecule has 0 atom stereocenters. The van der Waals surface area contributed by atoms with Gasteiger partial charge in [-0.1, -0.05) is 109 Å². The van der Waals surface area contributed by atoms with Gasteiger partial charge in [-0.15, -0.1) is 0 Å². The summed E-state index contributed by atoms with van der Waals surface area (Å²) in [6.07, 6.45) is 0. The number of aromatic nitrogens is 1. The van der Waals surface area contributed by atoms with E-state index in [9.17, 15) is 0 Å². The molecule has 0 bridgehead atoms. The second-order valence-electron chi connectivity index (χ2n) is 11.6. The first-order valence-corrected chi connectivity index (χ1v) is 15.5. The highest BCUT2D eigenvalue weighted by Gasteiger charge is 2.16. The van der Waals surface area contributed by atoms with Gasteiger partial charge in [0.15, 0.2) is 5.58 Å². The highest BCUT2D eigenvalue weighted by molar-refractivity contribution is 6.26. The molecular formula is C43H28N2O. The van der Waals surface area contributed by atoms with Crippen molar-refractivity contribution in [3.8, 4) is 22.6 Å². The van der Waals surface area contributed by atoms with Crippen molar-refractivity contribution in [3.05, 3.63) is 170 Å². The van der Waals surface area contributed by atoms with Crippen LogP contribution in [0.1, 0.15) is 0 Å². The van der Waals surface area contributed by atoms with Gasteiger partial charge in [-0.25, -0.2) is 4.98 Å². The predicted octanol–water partition coefficient (Wildman–Crippen LogP) is 12.1. The molecule has 0 saturated carbocycles. The Hall–Kier alpha value is -6.19. The van der Waals surface area contributed by atoms with E-state index < -0.39 is 0 Å². The monoisotopic (exact) mass is 588 g/mol. The molecule has 0 aliphatic rings. The largest absolute Gasteiger partial charge is 0.435 e. The van der Waals surface area contributed by atoms with Crippen LogP contribution >= 0.6 is 0 Å².